The smallest absolute Gasteiger partial charge is 0.311 e. The van der Waals surface area contributed by atoms with Crippen LogP contribution in [0.25, 0.3) is 0 Å². The highest BCUT2D eigenvalue weighted by atomic mass is 16.6. The number of aliphatic hydroxyl groups is 1. The number of benzene rings is 1. The first-order chi connectivity index (χ1) is 9.43. The summed E-state index contributed by atoms with van der Waals surface area (Å²) in [5, 5.41) is 23.0. The largest absolute Gasteiger partial charge is 0.484 e. The maximum atomic E-state index is 10.9. The van der Waals surface area contributed by atoms with Crippen molar-refractivity contribution in [1.29, 1.82) is 0 Å². The average Bonchev–Trinajstić information content (AvgIpc) is 2.36. The molecule has 0 aromatic heterocycles. The Kier molecular flexibility index (Phi) is 6.24. The first kappa shape index (κ1) is 16.2. The van der Waals surface area contributed by atoms with E-state index in [2.05, 4.69) is 5.32 Å². The number of hydrogen-bond acceptors (Lipinski definition) is 5. The predicted octanol–water partition coefficient (Wildman–Crippen LogP) is 2.81. The number of hydrogen-bond donors (Lipinski definition) is 2. The van der Waals surface area contributed by atoms with Gasteiger partial charge in [0.1, 0.15) is 0 Å². The summed E-state index contributed by atoms with van der Waals surface area (Å²) in [7, 11) is 0. The van der Waals surface area contributed by atoms with Crippen molar-refractivity contribution in [1.82, 2.24) is 0 Å². The molecule has 112 valence electrons. The quantitative estimate of drug-likeness (QED) is 0.565. The van der Waals surface area contributed by atoms with Crippen LogP contribution >= 0.6 is 0 Å². The van der Waals surface area contributed by atoms with E-state index in [9.17, 15) is 10.1 Å². The Morgan fingerprint density at radius 3 is 2.65 bits per heavy atom. The lowest BCUT2D eigenvalue weighted by atomic mass is 10.1. The highest BCUT2D eigenvalue weighted by Gasteiger charge is 2.16. The number of nitro benzene ring substituents is 1. The predicted molar refractivity (Wildman–Crippen MR) is 78.2 cm³/mol. The summed E-state index contributed by atoms with van der Waals surface area (Å²) in [5.41, 5.74) is 0.740. The summed E-state index contributed by atoms with van der Waals surface area (Å²) in [5.74, 6) is 0.592. The third-order valence-corrected chi connectivity index (χ3v) is 2.80. The molecule has 0 aliphatic carbocycles. The zero-order valence-corrected chi connectivity index (χ0v) is 12.1. The Hall–Kier alpha value is -1.82. The van der Waals surface area contributed by atoms with Gasteiger partial charge in [0, 0.05) is 31.0 Å². The molecule has 1 atom stereocenters. The van der Waals surface area contributed by atoms with E-state index in [0.717, 1.165) is 12.1 Å². The number of nitrogens with zero attached hydrogens (tertiary/aromatic N) is 1. The van der Waals surface area contributed by atoms with Gasteiger partial charge in [0.25, 0.3) is 0 Å². The van der Waals surface area contributed by atoms with E-state index in [-0.39, 0.29) is 24.1 Å². The van der Waals surface area contributed by atoms with Gasteiger partial charge in [0.2, 0.25) is 0 Å². The first-order valence-electron chi connectivity index (χ1n) is 6.73. The van der Waals surface area contributed by atoms with Crippen LogP contribution in [0.4, 0.5) is 11.4 Å². The number of ether oxygens (including phenoxy) is 1. The van der Waals surface area contributed by atoms with Gasteiger partial charge in [-0.05, 0) is 32.3 Å². The lowest BCUT2D eigenvalue weighted by Gasteiger charge is -2.14. The third-order valence-electron chi connectivity index (χ3n) is 2.80. The topological polar surface area (TPSA) is 84.6 Å². The molecule has 1 aromatic rings. The average molecular weight is 282 g/mol. The maximum absolute atomic E-state index is 10.9. The summed E-state index contributed by atoms with van der Waals surface area (Å²) in [6, 6.07) is 4.75. The van der Waals surface area contributed by atoms with E-state index >= 15 is 0 Å². The van der Waals surface area contributed by atoms with E-state index in [1.807, 2.05) is 20.8 Å². The normalized spacial score (nSPS) is 12.2. The molecular formula is C14H22N2O4. The van der Waals surface area contributed by atoms with Crippen LogP contribution in [0.5, 0.6) is 5.75 Å². The standard InChI is InChI=1S/C14H22N2O4/c1-10(2)20-14-8-12(4-5-13(14)16(18)19)15-9-11(3)6-7-17/h4-5,8,10-11,15,17H,6-7,9H2,1-3H3. The van der Waals surface area contributed by atoms with Crippen LogP contribution < -0.4 is 10.1 Å². The molecule has 20 heavy (non-hydrogen) atoms. The minimum absolute atomic E-state index is 0.0346. The summed E-state index contributed by atoms with van der Waals surface area (Å²) >= 11 is 0. The molecular weight excluding hydrogens is 260 g/mol. The molecule has 0 fully saturated rings. The van der Waals surface area contributed by atoms with Gasteiger partial charge >= 0.3 is 5.69 Å². The van der Waals surface area contributed by atoms with Crippen LogP contribution in [0.2, 0.25) is 0 Å². The van der Waals surface area contributed by atoms with E-state index in [0.29, 0.717) is 12.5 Å². The zero-order valence-electron chi connectivity index (χ0n) is 12.1. The van der Waals surface area contributed by atoms with Crippen LogP contribution in [0.15, 0.2) is 18.2 Å². The number of rotatable bonds is 8. The van der Waals surface area contributed by atoms with Crippen LogP contribution in [-0.2, 0) is 0 Å². The monoisotopic (exact) mass is 282 g/mol. The van der Waals surface area contributed by atoms with Crippen molar-refractivity contribution >= 4 is 11.4 Å². The third kappa shape index (κ3) is 5.05. The Labute approximate surface area is 118 Å². The minimum Gasteiger partial charge on any atom is -0.484 e. The Bertz CT molecular complexity index is 449. The van der Waals surface area contributed by atoms with Crippen LogP contribution in [-0.4, -0.2) is 29.3 Å². The lowest BCUT2D eigenvalue weighted by Crippen LogP contribution is -2.13. The second-order valence-electron chi connectivity index (χ2n) is 5.10. The molecule has 0 bridgehead atoms. The summed E-state index contributed by atoms with van der Waals surface area (Å²) in [6.07, 6.45) is 0.590. The Morgan fingerprint density at radius 2 is 2.10 bits per heavy atom. The lowest BCUT2D eigenvalue weighted by molar-refractivity contribution is -0.386. The molecule has 1 aromatic carbocycles. The molecule has 0 saturated carbocycles. The second kappa shape index (κ2) is 7.69. The molecule has 6 heteroatoms. The second-order valence-corrected chi connectivity index (χ2v) is 5.10. The molecule has 0 aliphatic heterocycles. The zero-order chi connectivity index (χ0) is 15.1. The van der Waals surface area contributed by atoms with Gasteiger partial charge in [-0.25, -0.2) is 0 Å². The molecule has 1 rings (SSSR count). The fourth-order valence-electron chi connectivity index (χ4n) is 1.74. The number of aliphatic hydroxyl groups excluding tert-OH is 1. The van der Waals surface area contributed by atoms with Gasteiger partial charge in [-0.3, -0.25) is 10.1 Å². The molecule has 0 saturated heterocycles. The van der Waals surface area contributed by atoms with E-state index in [1.165, 1.54) is 6.07 Å². The van der Waals surface area contributed by atoms with Gasteiger partial charge in [0.05, 0.1) is 11.0 Å². The van der Waals surface area contributed by atoms with Gasteiger partial charge in [-0.1, -0.05) is 6.92 Å². The number of nitrogens with one attached hydrogen (secondary N) is 1. The molecule has 0 amide bonds. The summed E-state index contributed by atoms with van der Waals surface area (Å²) < 4.78 is 5.48. The van der Waals surface area contributed by atoms with Gasteiger partial charge in [-0.15, -0.1) is 0 Å². The molecule has 1 unspecified atom stereocenters. The van der Waals surface area contributed by atoms with Crippen molar-refractivity contribution in [3.8, 4) is 5.75 Å². The van der Waals surface area contributed by atoms with Crippen molar-refractivity contribution < 1.29 is 14.8 Å². The van der Waals surface area contributed by atoms with E-state index in [4.69, 9.17) is 9.84 Å². The van der Waals surface area contributed by atoms with Crippen LogP contribution in [0.1, 0.15) is 27.2 Å². The Balaban J connectivity index is 2.81. The molecule has 0 aliphatic rings. The first-order valence-corrected chi connectivity index (χ1v) is 6.73. The number of nitro groups is 1. The number of anilines is 1. The summed E-state index contributed by atoms with van der Waals surface area (Å²) in [4.78, 5) is 10.5. The summed E-state index contributed by atoms with van der Waals surface area (Å²) in [6.45, 7) is 6.53. The molecule has 0 radical (unpaired) electrons. The van der Waals surface area contributed by atoms with Crippen LogP contribution in [0.3, 0.4) is 0 Å². The van der Waals surface area contributed by atoms with Crippen molar-refractivity contribution in [2.24, 2.45) is 5.92 Å². The molecule has 6 nitrogen and oxygen atoms in total. The highest BCUT2D eigenvalue weighted by molar-refractivity contribution is 5.58. The van der Waals surface area contributed by atoms with Crippen molar-refractivity contribution in [3.63, 3.8) is 0 Å². The maximum Gasteiger partial charge on any atom is 0.311 e. The van der Waals surface area contributed by atoms with Crippen LogP contribution in [0, 0.1) is 16.0 Å². The molecule has 2 N–H and O–H groups in total. The van der Waals surface area contributed by atoms with Gasteiger partial charge in [0.15, 0.2) is 5.75 Å². The van der Waals surface area contributed by atoms with Gasteiger partial charge in [-0.2, -0.15) is 0 Å². The van der Waals surface area contributed by atoms with Crippen molar-refractivity contribution in [3.05, 3.63) is 28.3 Å². The molecule has 0 spiro atoms. The highest BCUT2D eigenvalue weighted by Crippen LogP contribution is 2.31. The van der Waals surface area contributed by atoms with Crippen molar-refractivity contribution in [2.45, 2.75) is 33.3 Å². The van der Waals surface area contributed by atoms with Crippen molar-refractivity contribution in [2.75, 3.05) is 18.5 Å². The van der Waals surface area contributed by atoms with Gasteiger partial charge < -0.3 is 15.2 Å². The SMILES string of the molecule is CC(CCO)CNc1ccc([N+](=O)[O-])c(OC(C)C)c1. The Morgan fingerprint density at radius 1 is 1.40 bits per heavy atom. The van der Waals surface area contributed by atoms with E-state index in [1.54, 1.807) is 12.1 Å². The molecule has 0 heterocycles. The van der Waals surface area contributed by atoms with E-state index < -0.39 is 4.92 Å². The fourth-order valence-corrected chi connectivity index (χ4v) is 1.74. The minimum atomic E-state index is -0.449. The fraction of sp³-hybridized carbons (Fsp3) is 0.571.